The minimum absolute atomic E-state index is 0.0500. The highest BCUT2D eigenvalue weighted by Gasteiger charge is 2.19. The number of rotatable bonds is 9. The third-order valence-corrected chi connectivity index (χ3v) is 4.39. The molecule has 0 saturated carbocycles. The van der Waals surface area contributed by atoms with Gasteiger partial charge in [0.15, 0.2) is 0 Å². The zero-order valence-electron chi connectivity index (χ0n) is 15.4. The van der Waals surface area contributed by atoms with Gasteiger partial charge in [-0.3, -0.25) is 9.69 Å². The highest BCUT2D eigenvalue weighted by atomic mass is 16.5. The smallest absolute Gasteiger partial charge is 0.251 e. The van der Waals surface area contributed by atoms with Gasteiger partial charge < -0.3 is 10.1 Å². The molecule has 0 fully saturated rings. The molecular formula is C21H28N2O2. The second-order valence-corrected chi connectivity index (χ2v) is 5.99. The number of likely N-dealkylation sites (N-methyl/N-ethyl adjacent to an activating group) is 1. The van der Waals surface area contributed by atoms with Crippen molar-refractivity contribution in [1.29, 1.82) is 0 Å². The molecule has 0 radical (unpaired) electrons. The first kappa shape index (κ1) is 19.2. The third-order valence-electron chi connectivity index (χ3n) is 4.39. The number of nitrogens with zero attached hydrogens (tertiary/aromatic N) is 1. The summed E-state index contributed by atoms with van der Waals surface area (Å²) in [4.78, 5) is 14.9. The maximum atomic E-state index is 12.6. The summed E-state index contributed by atoms with van der Waals surface area (Å²) in [7, 11) is 1.65. The molecule has 0 aliphatic heterocycles. The van der Waals surface area contributed by atoms with Crippen molar-refractivity contribution in [2.24, 2.45) is 0 Å². The van der Waals surface area contributed by atoms with Gasteiger partial charge in [0.2, 0.25) is 0 Å². The third kappa shape index (κ3) is 5.41. The van der Waals surface area contributed by atoms with Gasteiger partial charge in [-0.1, -0.05) is 56.3 Å². The van der Waals surface area contributed by atoms with Crippen molar-refractivity contribution in [3.63, 3.8) is 0 Å². The highest BCUT2D eigenvalue weighted by molar-refractivity contribution is 5.94. The van der Waals surface area contributed by atoms with Gasteiger partial charge in [0, 0.05) is 19.2 Å². The summed E-state index contributed by atoms with van der Waals surface area (Å²) >= 11 is 0. The lowest BCUT2D eigenvalue weighted by atomic mass is 10.0. The molecule has 1 unspecified atom stereocenters. The highest BCUT2D eigenvalue weighted by Crippen LogP contribution is 2.19. The molecule has 1 atom stereocenters. The molecule has 2 aromatic carbocycles. The van der Waals surface area contributed by atoms with E-state index >= 15 is 0 Å². The van der Waals surface area contributed by atoms with Crippen molar-refractivity contribution in [3.8, 4) is 0 Å². The van der Waals surface area contributed by atoms with Crippen LogP contribution in [-0.4, -0.2) is 37.6 Å². The molecule has 0 aliphatic carbocycles. The van der Waals surface area contributed by atoms with Crippen LogP contribution in [0.3, 0.4) is 0 Å². The average Bonchev–Trinajstić information content (AvgIpc) is 2.66. The van der Waals surface area contributed by atoms with Crippen molar-refractivity contribution in [1.82, 2.24) is 10.2 Å². The van der Waals surface area contributed by atoms with E-state index in [0.29, 0.717) is 18.7 Å². The van der Waals surface area contributed by atoms with E-state index in [0.717, 1.165) is 18.7 Å². The van der Waals surface area contributed by atoms with E-state index in [1.54, 1.807) is 7.11 Å². The van der Waals surface area contributed by atoms with E-state index < -0.39 is 0 Å². The average molecular weight is 340 g/mol. The van der Waals surface area contributed by atoms with Crippen molar-refractivity contribution in [2.45, 2.75) is 26.5 Å². The van der Waals surface area contributed by atoms with Crippen LogP contribution in [0, 0.1) is 0 Å². The molecule has 25 heavy (non-hydrogen) atoms. The molecule has 0 aromatic heterocycles. The van der Waals surface area contributed by atoms with E-state index in [2.05, 4.69) is 36.2 Å². The Balaban J connectivity index is 2.09. The number of ether oxygens (including phenoxy) is 1. The van der Waals surface area contributed by atoms with Gasteiger partial charge in [0.25, 0.3) is 5.91 Å². The summed E-state index contributed by atoms with van der Waals surface area (Å²) in [5.41, 5.74) is 2.89. The first-order chi connectivity index (χ1) is 12.2. The van der Waals surface area contributed by atoms with Gasteiger partial charge >= 0.3 is 0 Å². The molecule has 2 rings (SSSR count). The van der Waals surface area contributed by atoms with Crippen LogP contribution in [-0.2, 0) is 11.3 Å². The predicted octanol–water partition coefficient (Wildman–Crippen LogP) is 3.65. The number of amides is 1. The SMILES string of the molecule is CCN(CC)C(CNC(=O)c1cccc(COC)c1)c1ccccc1. The Kier molecular flexibility index (Phi) is 7.64. The summed E-state index contributed by atoms with van der Waals surface area (Å²) < 4.78 is 5.14. The van der Waals surface area contributed by atoms with E-state index in [-0.39, 0.29) is 11.9 Å². The van der Waals surface area contributed by atoms with Crippen LogP contribution in [0.15, 0.2) is 54.6 Å². The fourth-order valence-corrected chi connectivity index (χ4v) is 3.06. The molecule has 4 nitrogen and oxygen atoms in total. The minimum atomic E-state index is -0.0500. The summed E-state index contributed by atoms with van der Waals surface area (Å²) in [5.74, 6) is -0.0500. The molecular weight excluding hydrogens is 312 g/mol. The summed E-state index contributed by atoms with van der Waals surface area (Å²) in [6.45, 7) is 7.27. The zero-order valence-corrected chi connectivity index (χ0v) is 15.4. The van der Waals surface area contributed by atoms with Gasteiger partial charge in [0.05, 0.1) is 12.6 Å². The van der Waals surface area contributed by atoms with Crippen LogP contribution in [0.1, 0.15) is 41.4 Å². The van der Waals surface area contributed by atoms with Crippen molar-refractivity contribution >= 4 is 5.91 Å². The molecule has 0 bridgehead atoms. The number of benzene rings is 2. The number of nitrogens with one attached hydrogen (secondary N) is 1. The molecule has 0 heterocycles. The van der Waals surface area contributed by atoms with E-state index in [1.165, 1.54) is 5.56 Å². The molecule has 1 amide bonds. The second kappa shape index (κ2) is 9.97. The van der Waals surface area contributed by atoms with Crippen LogP contribution in [0.25, 0.3) is 0 Å². The number of hydrogen-bond donors (Lipinski definition) is 1. The number of carbonyl (C=O) groups is 1. The lowest BCUT2D eigenvalue weighted by Crippen LogP contribution is -2.38. The predicted molar refractivity (Wildman–Crippen MR) is 102 cm³/mol. The maximum Gasteiger partial charge on any atom is 0.251 e. The lowest BCUT2D eigenvalue weighted by Gasteiger charge is -2.30. The largest absolute Gasteiger partial charge is 0.380 e. The summed E-state index contributed by atoms with van der Waals surface area (Å²) in [6, 6.07) is 18.1. The van der Waals surface area contributed by atoms with Gasteiger partial charge in [-0.25, -0.2) is 0 Å². The fourth-order valence-electron chi connectivity index (χ4n) is 3.06. The number of hydrogen-bond acceptors (Lipinski definition) is 3. The first-order valence-electron chi connectivity index (χ1n) is 8.84. The van der Waals surface area contributed by atoms with Crippen LogP contribution in [0.5, 0.6) is 0 Å². The Hall–Kier alpha value is -2.17. The van der Waals surface area contributed by atoms with Crippen LogP contribution in [0.2, 0.25) is 0 Å². The van der Waals surface area contributed by atoms with Gasteiger partial charge in [-0.05, 0) is 36.3 Å². The molecule has 4 heteroatoms. The van der Waals surface area contributed by atoms with Crippen LogP contribution in [0.4, 0.5) is 0 Å². The van der Waals surface area contributed by atoms with Crippen molar-refractivity contribution in [3.05, 3.63) is 71.3 Å². The lowest BCUT2D eigenvalue weighted by molar-refractivity contribution is 0.0934. The van der Waals surface area contributed by atoms with Crippen molar-refractivity contribution < 1.29 is 9.53 Å². The van der Waals surface area contributed by atoms with Crippen LogP contribution >= 0.6 is 0 Å². The maximum absolute atomic E-state index is 12.6. The van der Waals surface area contributed by atoms with Crippen LogP contribution < -0.4 is 5.32 Å². The van der Waals surface area contributed by atoms with Crippen molar-refractivity contribution in [2.75, 3.05) is 26.7 Å². The Morgan fingerprint density at radius 1 is 1.08 bits per heavy atom. The van der Waals surface area contributed by atoms with Gasteiger partial charge in [-0.2, -0.15) is 0 Å². The quantitative estimate of drug-likeness (QED) is 0.758. The molecule has 1 N–H and O–H groups in total. The zero-order chi connectivity index (χ0) is 18.1. The normalized spacial score (nSPS) is 12.2. The first-order valence-corrected chi connectivity index (χ1v) is 8.84. The molecule has 2 aromatic rings. The fraction of sp³-hybridized carbons (Fsp3) is 0.381. The number of carbonyl (C=O) groups excluding carboxylic acids is 1. The Bertz CT molecular complexity index is 654. The topological polar surface area (TPSA) is 41.6 Å². The number of methoxy groups -OCH3 is 1. The Labute approximate surface area is 150 Å². The Morgan fingerprint density at radius 3 is 2.44 bits per heavy atom. The van der Waals surface area contributed by atoms with Gasteiger partial charge in [-0.15, -0.1) is 0 Å². The summed E-state index contributed by atoms with van der Waals surface area (Å²) in [6.07, 6.45) is 0. The molecule has 134 valence electrons. The van der Waals surface area contributed by atoms with Gasteiger partial charge in [0.1, 0.15) is 0 Å². The molecule has 0 spiro atoms. The standard InChI is InChI=1S/C21H28N2O2/c1-4-23(5-2)20(18-11-7-6-8-12-18)15-22-21(24)19-13-9-10-17(14-19)16-25-3/h6-14,20H,4-5,15-16H2,1-3H3,(H,22,24). The molecule has 0 aliphatic rings. The van der Waals surface area contributed by atoms with E-state index in [1.807, 2.05) is 42.5 Å². The van der Waals surface area contributed by atoms with E-state index in [4.69, 9.17) is 4.74 Å². The second-order valence-electron chi connectivity index (χ2n) is 5.99. The molecule has 0 saturated heterocycles. The summed E-state index contributed by atoms with van der Waals surface area (Å²) in [5, 5.41) is 3.09. The monoisotopic (exact) mass is 340 g/mol. The van der Waals surface area contributed by atoms with E-state index in [9.17, 15) is 4.79 Å². The minimum Gasteiger partial charge on any atom is -0.380 e. The Morgan fingerprint density at radius 2 is 1.80 bits per heavy atom.